The fourth-order valence-corrected chi connectivity index (χ4v) is 0. The van der Waals surface area contributed by atoms with Gasteiger partial charge in [-0.05, 0) is 11.0 Å². The Morgan fingerprint density at radius 3 is 0.750 bits per heavy atom. The summed E-state index contributed by atoms with van der Waals surface area (Å²) in [5.74, 6) is 0. The van der Waals surface area contributed by atoms with Gasteiger partial charge in [-0.3, -0.25) is 0 Å². The standard InChI is InChI=1S/2O.H4Si.Ti/h;;1H4;/q2*-2;;+4. The van der Waals surface area contributed by atoms with Crippen molar-refractivity contribution in [3.8, 4) is 0 Å². The second kappa shape index (κ2) is 43.2. The topological polar surface area (TPSA) is 57.0 Å². The number of hydrogen-bond donors (Lipinski definition) is 0. The molecule has 0 aromatic rings. The molecule has 4 heteroatoms. The number of hydrogen-bond acceptors (Lipinski definition) is 0. The van der Waals surface area contributed by atoms with E-state index in [1.165, 1.54) is 0 Å². The van der Waals surface area contributed by atoms with Crippen LogP contribution in [0.4, 0.5) is 0 Å². The molecular weight excluding hydrogens is 108 g/mol. The molecule has 0 amide bonds. The van der Waals surface area contributed by atoms with Crippen molar-refractivity contribution in [2.24, 2.45) is 0 Å². The van der Waals surface area contributed by atoms with Gasteiger partial charge in [0.1, 0.15) is 0 Å². The molecule has 4 heavy (non-hydrogen) atoms. The summed E-state index contributed by atoms with van der Waals surface area (Å²) in [6.45, 7) is 0. The Bertz CT molecular complexity index is 6.00. The predicted octanol–water partition coefficient (Wildman–Crippen LogP) is -1.69. The summed E-state index contributed by atoms with van der Waals surface area (Å²) in [6.07, 6.45) is 0. The van der Waals surface area contributed by atoms with Crippen molar-refractivity contribution in [3.63, 3.8) is 0 Å². The van der Waals surface area contributed by atoms with Crippen LogP contribution in [0.25, 0.3) is 0 Å². The van der Waals surface area contributed by atoms with E-state index in [4.69, 9.17) is 0 Å². The van der Waals surface area contributed by atoms with Crippen molar-refractivity contribution in [1.82, 2.24) is 0 Å². The van der Waals surface area contributed by atoms with Crippen molar-refractivity contribution < 1.29 is 32.7 Å². The summed E-state index contributed by atoms with van der Waals surface area (Å²) in [7, 11) is 0. The third kappa shape index (κ3) is 13.5. The molecule has 0 aromatic heterocycles. The first kappa shape index (κ1) is 99.3. The maximum absolute atomic E-state index is 0. The molecule has 0 fully saturated rings. The zero-order valence-corrected chi connectivity index (χ0v) is 2.88. The van der Waals surface area contributed by atoms with Gasteiger partial charge in [-0.1, -0.05) is 0 Å². The van der Waals surface area contributed by atoms with Gasteiger partial charge in [0.05, 0.1) is 0 Å². The average Bonchev–Trinajstić information content (AvgIpc) is 0. The largest absolute Gasteiger partial charge is 4.00 e. The van der Waals surface area contributed by atoms with Crippen LogP contribution in [0, 0.1) is 0 Å². The van der Waals surface area contributed by atoms with Gasteiger partial charge in [0.2, 0.25) is 0 Å². The Morgan fingerprint density at radius 2 is 0.750 bits per heavy atom. The minimum absolute atomic E-state index is 0. The predicted molar refractivity (Wildman–Crippen MR) is 12.7 cm³/mol. The van der Waals surface area contributed by atoms with Crippen LogP contribution in [-0.4, -0.2) is 11.0 Å². The van der Waals surface area contributed by atoms with E-state index in [9.17, 15) is 0 Å². The Morgan fingerprint density at radius 1 is 0.750 bits per heavy atom. The van der Waals surface area contributed by atoms with Crippen molar-refractivity contribution in [1.29, 1.82) is 0 Å². The van der Waals surface area contributed by atoms with Crippen LogP contribution in [-0.2, 0) is 32.7 Å². The molecule has 0 radical (unpaired) electrons. The molecule has 0 N–H and O–H groups in total. The summed E-state index contributed by atoms with van der Waals surface area (Å²) in [6, 6.07) is 0. The molecule has 0 spiro atoms. The van der Waals surface area contributed by atoms with E-state index < -0.39 is 0 Å². The Labute approximate surface area is 44.1 Å². The van der Waals surface area contributed by atoms with Crippen molar-refractivity contribution >= 4 is 11.0 Å². The SMILES string of the molecule is [O-2].[O-2].[SiH4].[Ti+4]. The zero-order chi connectivity index (χ0) is 0. The summed E-state index contributed by atoms with van der Waals surface area (Å²) in [5, 5.41) is 0. The second-order valence-electron chi connectivity index (χ2n) is 0. The van der Waals surface area contributed by atoms with Gasteiger partial charge in [-0.2, -0.15) is 0 Å². The molecule has 0 aliphatic rings. The van der Waals surface area contributed by atoms with Crippen molar-refractivity contribution in [3.05, 3.63) is 0 Å². The van der Waals surface area contributed by atoms with Crippen LogP contribution in [0.5, 0.6) is 0 Å². The van der Waals surface area contributed by atoms with Gasteiger partial charge in [0.15, 0.2) is 0 Å². The third-order valence-corrected chi connectivity index (χ3v) is 0. The minimum atomic E-state index is 0. The molecule has 0 bridgehead atoms. The van der Waals surface area contributed by atoms with Gasteiger partial charge < -0.3 is 11.0 Å². The summed E-state index contributed by atoms with van der Waals surface area (Å²) >= 11 is 0. The van der Waals surface area contributed by atoms with Crippen LogP contribution >= 0.6 is 0 Å². The monoisotopic (exact) mass is 112 g/mol. The third-order valence-electron chi connectivity index (χ3n) is 0. The molecule has 0 saturated heterocycles. The molecule has 0 aliphatic carbocycles. The molecule has 0 atom stereocenters. The molecule has 0 aliphatic heterocycles. The zero-order valence-electron chi connectivity index (χ0n) is 1.32. The fourth-order valence-electron chi connectivity index (χ4n) is 0. The van der Waals surface area contributed by atoms with Gasteiger partial charge in [-0.25, -0.2) is 0 Å². The van der Waals surface area contributed by atoms with Crippen LogP contribution < -0.4 is 0 Å². The molecule has 24 valence electrons. The van der Waals surface area contributed by atoms with Crippen LogP contribution in [0.1, 0.15) is 0 Å². The van der Waals surface area contributed by atoms with E-state index in [0.717, 1.165) is 0 Å². The van der Waals surface area contributed by atoms with E-state index >= 15 is 0 Å². The fraction of sp³-hybridized carbons (Fsp3) is 0. The average molecular weight is 112 g/mol. The maximum Gasteiger partial charge on any atom is 4.00 e. The Kier molecular flexibility index (Phi) is 1070. The van der Waals surface area contributed by atoms with Crippen molar-refractivity contribution in [2.75, 3.05) is 0 Å². The Balaban J connectivity index is 0. The molecule has 0 unspecified atom stereocenters. The first-order valence-corrected chi connectivity index (χ1v) is 0. The Hall–Kier alpha value is 0.851. The quantitative estimate of drug-likeness (QED) is 0.336. The second-order valence-corrected chi connectivity index (χ2v) is 0. The molecule has 0 aromatic carbocycles. The van der Waals surface area contributed by atoms with Gasteiger partial charge in [0, 0.05) is 0 Å². The smallest absolute Gasteiger partial charge is 2.00 e. The van der Waals surface area contributed by atoms with E-state index in [0.29, 0.717) is 0 Å². The molecule has 2 nitrogen and oxygen atoms in total. The summed E-state index contributed by atoms with van der Waals surface area (Å²) < 4.78 is 0. The van der Waals surface area contributed by atoms with Crippen LogP contribution in [0.3, 0.4) is 0 Å². The summed E-state index contributed by atoms with van der Waals surface area (Å²) in [5.41, 5.74) is 0. The maximum atomic E-state index is 0. The van der Waals surface area contributed by atoms with E-state index in [-0.39, 0.29) is 43.6 Å². The van der Waals surface area contributed by atoms with Crippen LogP contribution in [0.2, 0.25) is 0 Å². The molecule has 0 heterocycles. The van der Waals surface area contributed by atoms with Crippen molar-refractivity contribution in [2.45, 2.75) is 0 Å². The summed E-state index contributed by atoms with van der Waals surface area (Å²) in [4.78, 5) is 0. The molecule has 0 rings (SSSR count). The van der Waals surface area contributed by atoms with Gasteiger partial charge >= 0.3 is 21.7 Å². The van der Waals surface area contributed by atoms with E-state index in [1.807, 2.05) is 0 Å². The first-order valence-electron chi connectivity index (χ1n) is 0. The minimum Gasteiger partial charge on any atom is -2.00 e. The van der Waals surface area contributed by atoms with Gasteiger partial charge in [0.25, 0.3) is 0 Å². The van der Waals surface area contributed by atoms with Crippen LogP contribution in [0.15, 0.2) is 0 Å². The van der Waals surface area contributed by atoms with Gasteiger partial charge in [-0.15, -0.1) is 0 Å². The molecule has 0 saturated carbocycles. The number of rotatable bonds is 0. The van der Waals surface area contributed by atoms with E-state index in [1.54, 1.807) is 0 Å². The molecular formula is H4O2SiTi. The van der Waals surface area contributed by atoms with E-state index in [2.05, 4.69) is 0 Å². The normalized spacial score (nSPS) is 0. The first-order chi connectivity index (χ1) is 0.